The van der Waals surface area contributed by atoms with Gasteiger partial charge < -0.3 is 5.32 Å². The maximum Gasteiger partial charge on any atom is 0.244 e. The quantitative estimate of drug-likeness (QED) is 0.778. The van der Waals surface area contributed by atoms with E-state index in [9.17, 15) is 8.42 Å². The zero-order valence-corrected chi connectivity index (χ0v) is 15.1. The first kappa shape index (κ1) is 17.4. The van der Waals surface area contributed by atoms with Crippen LogP contribution in [0.4, 0.5) is 0 Å². The predicted octanol–water partition coefficient (Wildman–Crippen LogP) is 2.54. The van der Waals surface area contributed by atoms with Crippen LogP contribution in [0.2, 0.25) is 0 Å². The van der Waals surface area contributed by atoms with E-state index in [1.165, 1.54) is 4.31 Å². The third-order valence-electron chi connectivity index (χ3n) is 2.91. The Hall–Kier alpha value is 0.340. The number of nitrogens with one attached hydrogen (secondary N) is 1. The van der Waals surface area contributed by atoms with Gasteiger partial charge in [0, 0.05) is 35.1 Å². The molecule has 0 atom stereocenters. The van der Waals surface area contributed by atoms with E-state index in [1.807, 2.05) is 13.0 Å². The lowest BCUT2D eigenvalue weighted by molar-refractivity contribution is 0.360. The average Bonchev–Trinajstić information content (AvgIpc) is 2.34. The van der Waals surface area contributed by atoms with Crippen LogP contribution in [0.1, 0.15) is 5.56 Å². The van der Waals surface area contributed by atoms with Crippen molar-refractivity contribution in [1.29, 1.82) is 0 Å². The zero-order valence-electron chi connectivity index (χ0n) is 10.3. The molecule has 19 heavy (non-hydrogen) atoms. The summed E-state index contributed by atoms with van der Waals surface area (Å²) in [5.74, 6) is 0. The van der Waals surface area contributed by atoms with Crippen LogP contribution in [0.5, 0.6) is 0 Å². The second-order valence-corrected chi connectivity index (χ2v) is 7.80. The molecule has 2 rings (SSSR count). The van der Waals surface area contributed by atoms with Gasteiger partial charge in [0.05, 0.1) is 4.90 Å². The fourth-order valence-electron chi connectivity index (χ4n) is 1.85. The molecule has 0 amide bonds. The largest absolute Gasteiger partial charge is 0.314 e. The monoisotopic (exact) mass is 432 g/mol. The lowest BCUT2D eigenvalue weighted by atomic mass is 10.2. The fraction of sp³-hybridized carbons (Fsp3) is 0.455. The highest BCUT2D eigenvalue weighted by molar-refractivity contribution is 9.11. The molecule has 1 aromatic rings. The van der Waals surface area contributed by atoms with Crippen LogP contribution in [0.25, 0.3) is 0 Å². The lowest BCUT2D eigenvalue weighted by Gasteiger charge is -2.27. The molecule has 1 aliphatic heterocycles. The SMILES string of the molecule is Cc1cc(Br)c(S(=O)(=O)N2CCNCC2)cc1Br.Cl. The number of benzene rings is 1. The molecule has 1 saturated heterocycles. The Labute approximate surface area is 136 Å². The van der Waals surface area contributed by atoms with Crippen molar-refractivity contribution in [3.05, 3.63) is 26.6 Å². The van der Waals surface area contributed by atoms with Crippen LogP contribution in [-0.2, 0) is 10.0 Å². The average molecular weight is 435 g/mol. The van der Waals surface area contributed by atoms with Crippen molar-refractivity contribution >= 4 is 54.3 Å². The summed E-state index contributed by atoms with van der Waals surface area (Å²) < 4.78 is 28.0. The van der Waals surface area contributed by atoms with Gasteiger partial charge in [0.1, 0.15) is 0 Å². The second-order valence-electron chi connectivity index (χ2n) is 4.19. The van der Waals surface area contributed by atoms with E-state index >= 15 is 0 Å². The molecule has 1 aromatic carbocycles. The second kappa shape index (κ2) is 6.87. The molecular weight excluding hydrogens is 419 g/mol. The molecule has 0 unspecified atom stereocenters. The molecule has 0 radical (unpaired) electrons. The van der Waals surface area contributed by atoms with Crippen LogP contribution < -0.4 is 5.32 Å². The number of halogens is 3. The molecule has 0 aromatic heterocycles. The minimum atomic E-state index is -3.42. The Morgan fingerprint density at radius 2 is 1.74 bits per heavy atom. The van der Waals surface area contributed by atoms with E-state index in [2.05, 4.69) is 37.2 Å². The first-order valence-corrected chi connectivity index (χ1v) is 8.62. The molecule has 1 N–H and O–H groups in total. The fourth-order valence-corrected chi connectivity index (χ4v) is 4.93. The molecule has 4 nitrogen and oxygen atoms in total. The molecule has 8 heteroatoms. The highest BCUT2D eigenvalue weighted by Crippen LogP contribution is 2.30. The Balaban J connectivity index is 0.00000180. The Morgan fingerprint density at radius 1 is 1.16 bits per heavy atom. The standard InChI is InChI=1S/C11H14Br2N2O2S.ClH/c1-8-6-10(13)11(7-9(8)12)18(16,17)15-4-2-14-3-5-15;/h6-7,14H,2-5H2,1H3;1H. The van der Waals surface area contributed by atoms with E-state index in [0.717, 1.165) is 10.0 Å². The van der Waals surface area contributed by atoms with Crippen LogP contribution in [0, 0.1) is 6.92 Å². The number of hydrogen-bond donors (Lipinski definition) is 1. The summed E-state index contributed by atoms with van der Waals surface area (Å²) in [6.07, 6.45) is 0. The normalized spacial score (nSPS) is 17.0. The molecule has 0 aliphatic carbocycles. The zero-order chi connectivity index (χ0) is 13.3. The summed E-state index contributed by atoms with van der Waals surface area (Å²) >= 11 is 6.72. The van der Waals surface area contributed by atoms with Crippen molar-refractivity contribution in [2.45, 2.75) is 11.8 Å². The van der Waals surface area contributed by atoms with Gasteiger partial charge in [0.25, 0.3) is 0 Å². The lowest BCUT2D eigenvalue weighted by Crippen LogP contribution is -2.46. The Morgan fingerprint density at radius 3 is 2.32 bits per heavy atom. The number of sulfonamides is 1. The van der Waals surface area contributed by atoms with Gasteiger partial charge in [-0.05, 0) is 40.5 Å². The van der Waals surface area contributed by atoms with Crippen LogP contribution in [0.15, 0.2) is 26.0 Å². The number of aryl methyl sites for hydroxylation is 1. The van der Waals surface area contributed by atoms with Gasteiger partial charge in [-0.15, -0.1) is 12.4 Å². The summed E-state index contributed by atoms with van der Waals surface area (Å²) in [6, 6.07) is 3.48. The van der Waals surface area contributed by atoms with Gasteiger partial charge in [-0.3, -0.25) is 0 Å². The molecule has 108 valence electrons. The van der Waals surface area contributed by atoms with Crippen molar-refractivity contribution in [1.82, 2.24) is 9.62 Å². The number of nitrogens with zero attached hydrogens (tertiary/aromatic N) is 1. The summed E-state index contributed by atoms with van der Waals surface area (Å²) in [4.78, 5) is 0.321. The van der Waals surface area contributed by atoms with Crippen molar-refractivity contribution in [2.24, 2.45) is 0 Å². The van der Waals surface area contributed by atoms with Crippen molar-refractivity contribution < 1.29 is 8.42 Å². The van der Waals surface area contributed by atoms with Crippen LogP contribution in [0.3, 0.4) is 0 Å². The minimum absolute atomic E-state index is 0. The van der Waals surface area contributed by atoms with E-state index in [-0.39, 0.29) is 12.4 Å². The summed E-state index contributed by atoms with van der Waals surface area (Å²) in [5.41, 5.74) is 1.00. The number of piperazine rings is 1. The van der Waals surface area contributed by atoms with E-state index in [1.54, 1.807) is 6.07 Å². The highest BCUT2D eigenvalue weighted by Gasteiger charge is 2.28. The molecule has 1 fully saturated rings. The van der Waals surface area contributed by atoms with Crippen LogP contribution >= 0.6 is 44.3 Å². The summed E-state index contributed by atoms with van der Waals surface area (Å²) in [5, 5.41) is 3.15. The summed E-state index contributed by atoms with van der Waals surface area (Å²) in [6.45, 7) is 4.35. The van der Waals surface area contributed by atoms with E-state index < -0.39 is 10.0 Å². The number of hydrogen-bond acceptors (Lipinski definition) is 3. The predicted molar refractivity (Wildman–Crippen MR) is 85.5 cm³/mol. The van der Waals surface area contributed by atoms with E-state index in [4.69, 9.17) is 0 Å². The van der Waals surface area contributed by atoms with Crippen LogP contribution in [-0.4, -0.2) is 38.9 Å². The van der Waals surface area contributed by atoms with Gasteiger partial charge in [0.15, 0.2) is 0 Å². The first-order valence-electron chi connectivity index (χ1n) is 5.59. The number of rotatable bonds is 2. The van der Waals surface area contributed by atoms with Gasteiger partial charge in [0.2, 0.25) is 10.0 Å². The van der Waals surface area contributed by atoms with Gasteiger partial charge in [-0.1, -0.05) is 15.9 Å². The highest BCUT2D eigenvalue weighted by atomic mass is 79.9. The van der Waals surface area contributed by atoms with Crippen molar-refractivity contribution in [3.63, 3.8) is 0 Å². The maximum atomic E-state index is 12.5. The molecule has 0 spiro atoms. The maximum absolute atomic E-state index is 12.5. The summed E-state index contributed by atoms with van der Waals surface area (Å²) in [7, 11) is -3.42. The van der Waals surface area contributed by atoms with E-state index in [0.29, 0.717) is 35.5 Å². The van der Waals surface area contributed by atoms with Crippen molar-refractivity contribution in [2.75, 3.05) is 26.2 Å². The third-order valence-corrected chi connectivity index (χ3v) is 6.62. The van der Waals surface area contributed by atoms with Gasteiger partial charge in [-0.2, -0.15) is 4.31 Å². The molecular formula is C11H15Br2ClN2O2S. The molecule has 0 bridgehead atoms. The first-order chi connectivity index (χ1) is 8.43. The van der Waals surface area contributed by atoms with Crippen molar-refractivity contribution in [3.8, 4) is 0 Å². The minimum Gasteiger partial charge on any atom is -0.314 e. The Kier molecular flexibility index (Phi) is 6.28. The Bertz CT molecular complexity index is 560. The smallest absolute Gasteiger partial charge is 0.244 e. The molecule has 1 aliphatic rings. The van der Waals surface area contributed by atoms with Gasteiger partial charge >= 0.3 is 0 Å². The topological polar surface area (TPSA) is 49.4 Å². The molecule has 1 heterocycles. The molecule has 0 saturated carbocycles. The van der Waals surface area contributed by atoms with Gasteiger partial charge in [-0.25, -0.2) is 8.42 Å². The third kappa shape index (κ3) is 3.71.